The fraction of sp³-hybridized carbons (Fsp3) is 0.133. The minimum atomic E-state index is -0.950. The quantitative estimate of drug-likeness (QED) is 0.882. The van der Waals surface area contributed by atoms with E-state index < -0.39 is 23.2 Å². The molecule has 2 rings (SSSR count). The first kappa shape index (κ1) is 15.3. The van der Waals surface area contributed by atoms with Crippen LogP contribution in [0.5, 0.6) is 0 Å². The van der Waals surface area contributed by atoms with Gasteiger partial charge in [-0.05, 0) is 29.8 Å². The average molecular weight is 311 g/mol. The first-order chi connectivity index (χ1) is 9.88. The SMILES string of the molecule is CN(Cc1cccc(Cl)c1)C(=O)c1cc(F)c(N)c(F)c1. The molecule has 0 aliphatic heterocycles. The minimum absolute atomic E-state index is 0.0938. The number of rotatable bonds is 3. The Kier molecular flexibility index (Phi) is 4.43. The number of amides is 1. The molecule has 0 aliphatic carbocycles. The molecular formula is C15H13ClF2N2O. The average Bonchev–Trinajstić information content (AvgIpc) is 2.43. The highest BCUT2D eigenvalue weighted by Crippen LogP contribution is 2.19. The second-order valence-corrected chi connectivity index (χ2v) is 5.08. The molecule has 1 amide bonds. The van der Waals surface area contributed by atoms with Crippen molar-refractivity contribution in [1.82, 2.24) is 4.90 Å². The molecule has 3 nitrogen and oxygen atoms in total. The summed E-state index contributed by atoms with van der Waals surface area (Å²) in [6, 6.07) is 8.86. The largest absolute Gasteiger partial charge is 0.394 e. The first-order valence-electron chi connectivity index (χ1n) is 6.13. The van der Waals surface area contributed by atoms with Crippen LogP contribution in [0.2, 0.25) is 5.02 Å². The second-order valence-electron chi connectivity index (χ2n) is 4.64. The minimum Gasteiger partial charge on any atom is -0.394 e. The lowest BCUT2D eigenvalue weighted by Crippen LogP contribution is -2.26. The van der Waals surface area contributed by atoms with Crippen LogP contribution in [0.25, 0.3) is 0 Å². The summed E-state index contributed by atoms with van der Waals surface area (Å²) < 4.78 is 26.8. The van der Waals surface area contributed by atoms with Crippen molar-refractivity contribution in [1.29, 1.82) is 0 Å². The zero-order valence-corrected chi connectivity index (χ0v) is 12.0. The van der Waals surface area contributed by atoms with E-state index in [2.05, 4.69) is 0 Å². The van der Waals surface area contributed by atoms with E-state index in [1.807, 2.05) is 0 Å². The van der Waals surface area contributed by atoms with Crippen molar-refractivity contribution in [3.8, 4) is 0 Å². The van der Waals surface area contributed by atoms with Crippen LogP contribution >= 0.6 is 11.6 Å². The Labute approximate surface area is 125 Å². The van der Waals surface area contributed by atoms with Crippen molar-refractivity contribution >= 4 is 23.2 Å². The molecule has 0 spiro atoms. The number of nitrogen functional groups attached to an aromatic ring is 1. The number of nitrogens with zero attached hydrogens (tertiary/aromatic N) is 1. The maximum Gasteiger partial charge on any atom is 0.254 e. The molecule has 0 aromatic heterocycles. The van der Waals surface area contributed by atoms with Crippen LogP contribution in [-0.4, -0.2) is 17.9 Å². The van der Waals surface area contributed by atoms with Crippen LogP contribution in [0.3, 0.4) is 0 Å². The lowest BCUT2D eigenvalue weighted by molar-refractivity contribution is 0.0784. The number of carbonyl (C=O) groups excluding carboxylic acids is 1. The molecule has 0 fully saturated rings. The highest BCUT2D eigenvalue weighted by atomic mass is 35.5. The molecule has 0 radical (unpaired) electrons. The van der Waals surface area contributed by atoms with Crippen LogP contribution in [-0.2, 0) is 6.54 Å². The molecule has 0 saturated heterocycles. The van der Waals surface area contributed by atoms with Crippen molar-refractivity contribution < 1.29 is 13.6 Å². The summed E-state index contributed by atoms with van der Waals surface area (Å²) in [6.45, 7) is 0.271. The molecule has 110 valence electrons. The molecule has 0 unspecified atom stereocenters. The van der Waals surface area contributed by atoms with E-state index >= 15 is 0 Å². The smallest absolute Gasteiger partial charge is 0.254 e. The normalized spacial score (nSPS) is 10.5. The second kappa shape index (κ2) is 6.10. The highest BCUT2D eigenvalue weighted by Gasteiger charge is 2.16. The number of anilines is 1. The van der Waals surface area contributed by atoms with Gasteiger partial charge in [-0.3, -0.25) is 4.79 Å². The molecule has 2 aromatic carbocycles. The van der Waals surface area contributed by atoms with Crippen LogP contribution in [0.4, 0.5) is 14.5 Å². The summed E-state index contributed by atoms with van der Waals surface area (Å²) >= 11 is 5.87. The Balaban J connectivity index is 2.20. The van der Waals surface area contributed by atoms with Gasteiger partial charge in [-0.25, -0.2) is 8.78 Å². The van der Waals surface area contributed by atoms with Gasteiger partial charge in [0, 0.05) is 24.2 Å². The van der Waals surface area contributed by atoms with E-state index in [4.69, 9.17) is 17.3 Å². The maximum absolute atomic E-state index is 13.4. The van der Waals surface area contributed by atoms with Crippen LogP contribution in [0.15, 0.2) is 36.4 Å². The van der Waals surface area contributed by atoms with E-state index in [1.165, 1.54) is 11.9 Å². The van der Waals surface area contributed by atoms with Gasteiger partial charge in [-0.1, -0.05) is 23.7 Å². The molecule has 0 aliphatic rings. The van der Waals surface area contributed by atoms with Gasteiger partial charge in [0.25, 0.3) is 5.91 Å². The van der Waals surface area contributed by atoms with Crippen molar-refractivity contribution in [2.45, 2.75) is 6.54 Å². The van der Waals surface area contributed by atoms with Crippen molar-refractivity contribution in [2.75, 3.05) is 12.8 Å². The maximum atomic E-state index is 13.4. The summed E-state index contributed by atoms with van der Waals surface area (Å²) in [7, 11) is 1.54. The van der Waals surface area contributed by atoms with Gasteiger partial charge in [0.05, 0.1) is 0 Å². The molecule has 0 atom stereocenters. The van der Waals surface area contributed by atoms with Gasteiger partial charge in [0.1, 0.15) is 17.3 Å². The van der Waals surface area contributed by atoms with Crippen molar-refractivity contribution in [3.63, 3.8) is 0 Å². The molecule has 0 saturated carbocycles. The fourth-order valence-electron chi connectivity index (χ4n) is 1.91. The Hall–Kier alpha value is -2.14. The lowest BCUT2D eigenvalue weighted by atomic mass is 10.1. The summed E-state index contributed by atoms with van der Waals surface area (Å²) in [4.78, 5) is 13.5. The van der Waals surface area contributed by atoms with Crippen LogP contribution < -0.4 is 5.73 Å². The van der Waals surface area contributed by atoms with Crippen molar-refractivity contribution in [2.24, 2.45) is 0 Å². The third-order valence-electron chi connectivity index (χ3n) is 2.98. The van der Waals surface area contributed by atoms with E-state index in [-0.39, 0.29) is 12.1 Å². The van der Waals surface area contributed by atoms with Crippen LogP contribution in [0, 0.1) is 11.6 Å². The first-order valence-corrected chi connectivity index (χ1v) is 6.50. The number of hydrogen-bond acceptors (Lipinski definition) is 2. The Morgan fingerprint density at radius 1 is 1.24 bits per heavy atom. The molecule has 6 heteroatoms. The predicted octanol–water partition coefficient (Wildman–Crippen LogP) is 3.47. The zero-order valence-electron chi connectivity index (χ0n) is 11.2. The van der Waals surface area contributed by atoms with E-state index in [1.54, 1.807) is 24.3 Å². The zero-order chi connectivity index (χ0) is 15.6. The third-order valence-corrected chi connectivity index (χ3v) is 3.22. The number of halogens is 3. The number of benzene rings is 2. The van der Waals surface area contributed by atoms with Gasteiger partial charge in [0.15, 0.2) is 0 Å². The summed E-state index contributed by atoms with van der Waals surface area (Å²) in [5, 5.41) is 0.554. The van der Waals surface area contributed by atoms with Gasteiger partial charge in [-0.2, -0.15) is 0 Å². The topological polar surface area (TPSA) is 46.3 Å². The summed E-state index contributed by atoms with van der Waals surface area (Å²) in [5.41, 5.74) is 5.30. The Morgan fingerprint density at radius 3 is 2.43 bits per heavy atom. The number of nitrogens with two attached hydrogens (primary N) is 1. The molecule has 2 N–H and O–H groups in total. The predicted molar refractivity (Wildman–Crippen MR) is 78.0 cm³/mol. The lowest BCUT2D eigenvalue weighted by Gasteiger charge is -2.18. The molecule has 2 aromatic rings. The van der Waals surface area contributed by atoms with Gasteiger partial charge in [0.2, 0.25) is 0 Å². The van der Waals surface area contributed by atoms with E-state index in [9.17, 15) is 13.6 Å². The molecule has 21 heavy (non-hydrogen) atoms. The van der Waals surface area contributed by atoms with Gasteiger partial charge >= 0.3 is 0 Å². The van der Waals surface area contributed by atoms with E-state index in [0.717, 1.165) is 17.7 Å². The Morgan fingerprint density at radius 2 is 1.86 bits per heavy atom. The number of carbonyl (C=O) groups is 1. The van der Waals surface area contributed by atoms with Crippen molar-refractivity contribution in [3.05, 3.63) is 64.2 Å². The summed E-state index contributed by atoms with van der Waals surface area (Å²) in [5.74, 6) is -2.41. The third kappa shape index (κ3) is 3.49. The van der Waals surface area contributed by atoms with Crippen LogP contribution in [0.1, 0.15) is 15.9 Å². The van der Waals surface area contributed by atoms with E-state index in [0.29, 0.717) is 5.02 Å². The summed E-state index contributed by atoms with van der Waals surface area (Å²) in [6.07, 6.45) is 0. The van der Waals surface area contributed by atoms with Gasteiger partial charge in [-0.15, -0.1) is 0 Å². The molecule has 0 heterocycles. The Bertz CT molecular complexity index is 668. The molecular weight excluding hydrogens is 298 g/mol. The highest BCUT2D eigenvalue weighted by molar-refractivity contribution is 6.30. The van der Waals surface area contributed by atoms with Gasteiger partial charge < -0.3 is 10.6 Å². The monoisotopic (exact) mass is 310 g/mol. The standard InChI is InChI=1S/C15H13ClF2N2O/c1-20(8-9-3-2-4-11(16)5-9)15(21)10-6-12(17)14(19)13(18)7-10/h2-7H,8,19H2,1H3. The fourth-order valence-corrected chi connectivity index (χ4v) is 2.12. The number of hydrogen-bond donors (Lipinski definition) is 1. The molecule has 0 bridgehead atoms.